The van der Waals surface area contributed by atoms with Crippen LogP contribution in [0.3, 0.4) is 0 Å². The quantitative estimate of drug-likeness (QED) is 0.515. The first kappa shape index (κ1) is 21.2. The van der Waals surface area contributed by atoms with Crippen LogP contribution in [-0.2, 0) is 14.3 Å². The third kappa shape index (κ3) is 6.23. The molecule has 0 radical (unpaired) electrons. The number of hydrogen-bond acceptors (Lipinski definition) is 5. The van der Waals surface area contributed by atoms with Crippen molar-refractivity contribution >= 4 is 17.8 Å². The van der Waals surface area contributed by atoms with Crippen molar-refractivity contribution in [1.82, 2.24) is 10.6 Å². The van der Waals surface area contributed by atoms with Gasteiger partial charge in [0.2, 0.25) is 0 Å². The first-order valence-electron chi connectivity index (χ1n) is 8.34. The number of amides is 2. The molecule has 0 fully saturated rings. The van der Waals surface area contributed by atoms with Crippen molar-refractivity contribution in [3.8, 4) is 5.75 Å². The lowest BCUT2D eigenvalue weighted by atomic mass is 10.0. The Hall–Kier alpha value is -2.83. The molecule has 0 aliphatic carbocycles. The first-order valence-corrected chi connectivity index (χ1v) is 8.34. The van der Waals surface area contributed by atoms with Gasteiger partial charge in [-0.1, -0.05) is 19.9 Å². The highest BCUT2D eigenvalue weighted by molar-refractivity contribution is 5.97. The second kappa shape index (κ2) is 10.2. The largest absolute Gasteiger partial charge is 0.497 e. The highest BCUT2D eigenvalue weighted by Crippen LogP contribution is 2.13. The van der Waals surface area contributed by atoms with Gasteiger partial charge >= 0.3 is 5.97 Å². The number of methoxy groups -OCH3 is 1. The second-order valence-electron chi connectivity index (χ2n) is 6.04. The minimum Gasteiger partial charge on any atom is -0.497 e. The summed E-state index contributed by atoms with van der Waals surface area (Å²) in [6.45, 7) is 8.81. The van der Waals surface area contributed by atoms with Crippen LogP contribution >= 0.6 is 0 Å². The van der Waals surface area contributed by atoms with E-state index in [0.29, 0.717) is 11.3 Å². The Bertz CT molecular complexity index is 640. The Morgan fingerprint density at radius 1 is 1.15 bits per heavy atom. The summed E-state index contributed by atoms with van der Waals surface area (Å²) in [6, 6.07) is 5.64. The van der Waals surface area contributed by atoms with Crippen LogP contribution in [-0.4, -0.2) is 43.6 Å². The zero-order valence-electron chi connectivity index (χ0n) is 15.6. The molecule has 1 aromatic carbocycles. The molecule has 0 heterocycles. The summed E-state index contributed by atoms with van der Waals surface area (Å²) in [5.41, 5.74) is 0.390. The van der Waals surface area contributed by atoms with Gasteiger partial charge in [-0.15, -0.1) is 6.58 Å². The number of nitrogens with one attached hydrogen (secondary N) is 2. The van der Waals surface area contributed by atoms with Crippen molar-refractivity contribution in [3.05, 3.63) is 42.5 Å². The zero-order chi connectivity index (χ0) is 19.7. The van der Waals surface area contributed by atoms with E-state index in [2.05, 4.69) is 17.2 Å². The molecule has 7 nitrogen and oxygen atoms in total. The van der Waals surface area contributed by atoms with E-state index in [9.17, 15) is 14.4 Å². The van der Waals surface area contributed by atoms with Crippen LogP contribution in [0.1, 0.15) is 31.1 Å². The van der Waals surface area contributed by atoms with Crippen molar-refractivity contribution in [3.63, 3.8) is 0 Å². The Labute approximate surface area is 153 Å². The summed E-state index contributed by atoms with van der Waals surface area (Å²) >= 11 is 0. The highest BCUT2D eigenvalue weighted by Gasteiger charge is 2.29. The summed E-state index contributed by atoms with van der Waals surface area (Å²) in [6.07, 6.45) is 0.555. The molecule has 7 heteroatoms. The number of esters is 1. The molecule has 26 heavy (non-hydrogen) atoms. The van der Waals surface area contributed by atoms with E-state index in [-0.39, 0.29) is 12.5 Å². The smallest absolute Gasteiger partial charge is 0.329 e. The van der Waals surface area contributed by atoms with Crippen molar-refractivity contribution in [2.45, 2.75) is 32.9 Å². The molecule has 0 unspecified atom stereocenters. The lowest BCUT2D eigenvalue weighted by molar-refractivity contribution is -0.157. The molecule has 2 N–H and O–H groups in total. The van der Waals surface area contributed by atoms with Gasteiger partial charge in [0.15, 0.2) is 6.10 Å². The van der Waals surface area contributed by atoms with Crippen LogP contribution in [0.15, 0.2) is 36.9 Å². The minimum absolute atomic E-state index is 0.215. The lowest BCUT2D eigenvalue weighted by Crippen LogP contribution is -2.47. The zero-order valence-corrected chi connectivity index (χ0v) is 15.6. The van der Waals surface area contributed by atoms with Crippen LogP contribution in [0.2, 0.25) is 0 Å². The molecular weight excluding hydrogens is 336 g/mol. The van der Waals surface area contributed by atoms with E-state index < -0.39 is 29.9 Å². The average molecular weight is 362 g/mol. The summed E-state index contributed by atoms with van der Waals surface area (Å²) < 4.78 is 10.2. The molecule has 0 aliphatic heterocycles. The van der Waals surface area contributed by atoms with E-state index in [1.165, 1.54) is 20.1 Å². The molecular formula is C19H26N2O5. The maximum atomic E-state index is 12.4. The normalized spacial score (nSPS) is 12.7. The van der Waals surface area contributed by atoms with E-state index in [0.717, 1.165) is 0 Å². The maximum absolute atomic E-state index is 12.4. The third-order valence-corrected chi connectivity index (χ3v) is 3.64. The van der Waals surface area contributed by atoms with Gasteiger partial charge in [-0.25, -0.2) is 4.79 Å². The molecule has 0 aromatic heterocycles. The number of ether oxygens (including phenoxy) is 2. The van der Waals surface area contributed by atoms with Gasteiger partial charge in [0, 0.05) is 12.1 Å². The Morgan fingerprint density at radius 3 is 2.27 bits per heavy atom. The average Bonchev–Trinajstić information content (AvgIpc) is 2.63. The summed E-state index contributed by atoms with van der Waals surface area (Å²) in [4.78, 5) is 36.6. The predicted molar refractivity (Wildman–Crippen MR) is 97.8 cm³/mol. The van der Waals surface area contributed by atoms with Gasteiger partial charge in [-0.05, 0) is 37.1 Å². The van der Waals surface area contributed by atoms with Crippen LogP contribution in [0, 0.1) is 5.92 Å². The monoisotopic (exact) mass is 362 g/mol. The predicted octanol–water partition coefficient (Wildman–Crippen LogP) is 1.68. The lowest BCUT2D eigenvalue weighted by Gasteiger charge is -2.23. The number of carbonyl (C=O) groups is 3. The second-order valence-corrected chi connectivity index (χ2v) is 6.04. The van der Waals surface area contributed by atoms with Crippen LogP contribution in [0.5, 0.6) is 5.75 Å². The molecule has 2 amide bonds. The van der Waals surface area contributed by atoms with Gasteiger partial charge in [0.05, 0.1) is 7.11 Å². The SMILES string of the molecule is C=CCNC(=O)[C@H](C)OC(=O)[C@@H](NC(=O)c1ccc(OC)cc1)C(C)C. The first-order chi connectivity index (χ1) is 12.3. The molecule has 0 bridgehead atoms. The number of rotatable bonds is 9. The third-order valence-electron chi connectivity index (χ3n) is 3.64. The fraction of sp³-hybridized carbons (Fsp3) is 0.421. The van der Waals surface area contributed by atoms with Gasteiger partial charge < -0.3 is 20.1 Å². The van der Waals surface area contributed by atoms with Gasteiger partial charge in [0.25, 0.3) is 11.8 Å². The Kier molecular flexibility index (Phi) is 8.34. The fourth-order valence-corrected chi connectivity index (χ4v) is 2.08. The highest BCUT2D eigenvalue weighted by atomic mass is 16.5. The Morgan fingerprint density at radius 2 is 1.77 bits per heavy atom. The maximum Gasteiger partial charge on any atom is 0.329 e. The molecule has 1 rings (SSSR count). The molecule has 2 atom stereocenters. The molecule has 0 saturated carbocycles. The van der Waals surface area contributed by atoms with Gasteiger partial charge in [-0.2, -0.15) is 0 Å². The van der Waals surface area contributed by atoms with E-state index in [4.69, 9.17) is 9.47 Å². The Balaban J connectivity index is 2.74. The molecule has 1 aromatic rings. The van der Waals surface area contributed by atoms with Crippen LogP contribution in [0.25, 0.3) is 0 Å². The van der Waals surface area contributed by atoms with Crippen LogP contribution < -0.4 is 15.4 Å². The van der Waals surface area contributed by atoms with E-state index in [1.807, 2.05) is 0 Å². The summed E-state index contributed by atoms with van der Waals surface area (Å²) in [5, 5.41) is 5.20. The van der Waals surface area contributed by atoms with Crippen molar-refractivity contribution in [1.29, 1.82) is 0 Å². The minimum atomic E-state index is -0.971. The topological polar surface area (TPSA) is 93.7 Å². The molecule has 0 spiro atoms. The fourth-order valence-electron chi connectivity index (χ4n) is 2.08. The number of carbonyl (C=O) groups excluding carboxylic acids is 3. The van der Waals surface area contributed by atoms with Crippen molar-refractivity contribution in [2.24, 2.45) is 5.92 Å². The number of benzene rings is 1. The summed E-state index contributed by atoms with van der Waals surface area (Å²) in [5.74, 6) is -1.09. The molecule has 0 aliphatic rings. The van der Waals surface area contributed by atoms with Crippen LogP contribution in [0.4, 0.5) is 0 Å². The van der Waals surface area contributed by atoms with Gasteiger partial charge in [0.1, 0.15) is 11.8 Å². The standard InChI is InChI=1S/C19H26N2O5/c1-6-11-20-17(22)13(4)26-19(24)16(12(2)3)21-18(23)14-7-9-15(25-5)10-8-14/h6-10,12-13,16H,1,11H2,2-5H3,(H,20,22)(H,21,23)/t13-,16-/m0/s1. The molecule has 0 saturated heterocycles. The van der Waals surface area contributed by atoms with Crippen molar-refractivity contribution in [2.75, 3.05) is 13.7 Å². The summed E-state index contributed by atoms with van der Waals surface area (Å²) in [7, 11) is 1.53. The molecule has 142 valence electrons. The van der Waals surface area contributed by atoms with E-state index >= 15 is 0 Å². The van der Waals surface area contributed by atoms with Crippen molar-refractivity contribution < 1.29 is 23.9 Å². The van der Waals surface area contributed by atoms with Gasteiger partial charge in [-0.3, -0.25) is 9.59 Å². The number of hydrogen-bond donors (Lipinski definition) is 2. The van der Waals surface area contributed by atoms with E-state index in [1.54, 1.807) is 38.1 Å².